The van der Waals surface area contributed by atoms with Gasteiger partial charge < -0.3 is 4.74 Å². The van der Waals surface area contributed by atoms with Crippen molar-refractivity contribution in [1.82, 2.24) is 0 Å². The number of hydrogen-bond donors (Lipinski definition) is 0. The van der Waals surface area contributed by atoms with Gasteiger partial charge in [-0.15, -0.1) is 0 Å². The molecule has 0 amide bonds. The van der Waals surface area contributed by atoms with Crippen LogP contribution in [0, 0.1) is 6.92 Å². The zero-order valence-electron chi connectivity index (χ0n) is 9.55. The number of hydrogen-bond acceptors (Lipinski definition) is 1. The SMILES string of the molecule is COC/C=C1/CCCc2c(C)cccc21. The van der Waals surface area contributed by atoms with E-state index < -0.39 is 0 Å². The Bertz CT molecular complexity index is 377. The van der Waals surface area contributed by atoms with E-state index in [0.29, 0.717) is 0 Å². The van der Waals surface area contributed by atoms with E-state index in [-0.39, 0.29) is 0 Å². The van der Waals surface area contributed by atoms with Crippen molar-refractivity contribution in [1.29, 1.82) is 0 Å². The van der Waals surface area contributed by atoms with Gasteiger partial charge in [-0.1, -0.05) is 24.3 Å². The molecule has 1 aromatic carbocycles. The zero-order valence-corrected chi connectivity index (χ0v) is 9.55. The van der Waals surface area contributed by atoms with E-state index in [1.165, 1.54) is 41.5 Å². The highest BCUT2D eigenvalue weighted by atomic mass is 16.5. The van der Waals surface area contributed by atoms with Crippen molar-refractivity contribution in [3.63, 3.8) is 0 Å². The van der Waals surface area contributed by atoms with Crippen molar-refractivity contribution >= 4 is 5.57 Å². The molecule has 0 fully saturated rings. The number of fused-ring (bicyclic) bond motifs is 1. The molecular weight excluding hydrogens is 184 g/mol. The van der Waals surface area contributed by atoms with Crippen LogP contribution in [0.25, 0.3) is 5.57 Å². The van der Waals surface area contributed by atoms with Gasteiger partial charge in [-0.25, -0.2) is 0 Å². The maximum Gasteiger partial charge on any atom is 0.0649 e. The summed E-state index contributed by atoms with van der Waals surface area (Å²) in [5, 5.41) is 0. The minimum Gasteiger partial charge on any atom is -0.381 e. The van der Waals surface area contributed by atoms with Crippen LogP contribution in [0.2, 0.25) is 0 Å². The van der Waals surface area contributed by atoms with Crippen molar-refractivity contribution < 1.29 is 4.74 Å². The third-order valence-electron chi connectivity index (χ3n) is 3.13. The van der Waals surface area contributed by atoms with Crippen LogP contribution in [0.15, 0.2) is 24.3 Å². The molecule has 0 aromatic heterocycles. The molecule has 1 aliphatic rings. The Morgan fingerprint density at radius 2 is 2.20 bits per heavy atom. The number of methoxy groups -OCH3 is 1. The number of rotatable bonds is 2. The molecule has 1 aliphatic carbocycles. The van der Waals surface area contributed by atoms with Gasteiger partial charge in [0.1, 0.15) is 0 Å². The quantitative estimate of drug-likeness (QED) is 0.714. The first kappa shape index (κ1) is 10.4. The highest BCUT2D eigenvalue weighted by Gasteiger charge is 2.14. The fraction of sp³-hybridized carbons (Fsp3) is 0.429. The molecular formula is C14H18O. The number of ether oxygens (including phenoxy) is 1. The van der Waals surface area contributed by atoms with Crippen LogP contribution in [0.5, 0.6) is 0 Å². The summed E-state index contributed by atoms with van der Waals surface area (Å²) < 4.78 is 5.11. The van der Waals surface area contributed by atoms with Crippen molar-refractivity contribution in [2.24, 2.45) is 0 Å². The molecule has 1 heteroatoms. The van der Waals surface area contributed by atoms with E-state index in [2.05, 4.69) is 31.2 Å². The zero-order chi connectivity index (χ0) is 10.7. The summed E-state index contributed by atoms with van der Waals surface area (Å²) in [4.78, 5) is 0. The first-order valence-corrected chi connectivity index (χ1v) is 5.59. The van der Waals surface area contributed by atoms with Gasteiger partial charge in [-0.05, 0) is 48.4 Å². The number of aryl methyl sites for hydroxylation is 1. The van der Waals surface area contributed by atoms with Crippen molar-refractivity contribution in [3.8, 4) is 0 Å². The van der Waals surface area contributed by atoms with Crippen molar-refractivity contribution in [3.05, 3.63) is 41.0 Å². The summed E-state index contributed by atoms with van der Waals surface area (Å²) in [6, 6.07) is 6.60. The van der Waals surface area contributed by atoms with E-state index in [9.17, 15) is 0 Å². The van der Waals surface area contributed by atoms with Crippen LogP contribution >= 0.6 is 0 Å². The number of benzene rings is 1. The van der Waals surface area contributed by atoms with E-state index in [1.807, 2.05) is 0 Å². The molecule has 0 saturated carbocycles. The molecule has 2 rings (SSSR count). The minimum atomic E-state index is 0.725. The summed E-state index contributed by atoms with van der Waals surface area (Å²) >= 11 is 0. The molecule has 0 unspecified atom stereocenters. The van der Waals surface area contributed by atoms with Gasteiger partial charge >= 0.3 is 0 Å². The highest BCUT2D eigenvalue weighted by Crippen LogP contribution is 2.32. The van der Waals surface area contributed by atoms with E-state index in [1.54, 1.807) is 7.11 Å². The Kier molecular flexibility index (Phi) is 3.22. The second kappa shape index (κ2) is 4.63. The van der Waals surface area contributed by atoms with Crippen LogP contribution in [-0.2, 0) is 11.2 Å². The van der Waals surface area contributed by atoms with E-state index in [0.717, 1.165) is 6.61 Å². The smallest absolute Gasteiger partial charge is 0.0649 e. The molecule has 0 radical (unpaired) electrons. The lowest BCUT2D eigenvalue weighted by Gasteiger charge is -2.20. The van der Waals surface area contributed by atoms with Crippen molar-refractivity contribution in [2.45, 2.75) is 26.2 Å². The summed E-state index contributed by atoms with van der Waals surface area (Å²) in [6.45, 7) is 2.93. The predicted octanol–water partition coefficient (Wildman–Crippen LogP) is 3.36. The maximum absolute atomic E-state index is 5.11. The lowest BCUT2D eigenvalue weighted by molar-refractivity contribution is 0.234. The molecule has 0 spiro atoms. The molecule has 0 N–H and O–H groups in total. The fourth-order valence-corrected chi connectivity index (χ4v) is 2.32. The second-order valence-corrected chi connectivity index (χ2v) is 4.14. The largest absolute Gasteiger partial charge is 0.381 e. The van der Waals surface area contributed by atoms with Gasteiger partial charge in [0.2, 0.25) is 0 Å². The lowest BCUT2D eigenvalue weighted by Crippen LogP contribution is -2.04. The van der Waals surface area contributed by atoms with Crippen molar-refractivity contribution in [2.75, 3.05) is 13.7 Å². The van der Waals surface area contributed by atoms with Crippen LogP contribution in [0.3, 0.4) is 0 Å². The monoisotopic (exact) mass is 202 g/mol. The third kappa shape index (κ3) is 2.13. The molecule has 15 heavy (non-hydrogen) atoms. The average Bonchev–Trinajstić information content (AvgIpc) is 2.27. The van der Waals surface area contributed by atoms with Crippen LogP contribution < -0.4 is 0 Å². The Hall–Kier alpha value is -1.08. The Labute approximate surface area is 91.8 Å². The van der Waals surface area contributed by atoms with Gasteiger partial charge in [0.15, 0.2) is 0 Å². The third-order valence-corrected chi connectivity index (χ3v) is 3.13. The summed E-state index contributed by atoms with van der Waals surface area (Å²) in [5.74, 6) is 0. The Morgan fingerprint density at radius 1 is 1.33 bits per heavy atom. The van der Waals surface area contributed by atoms with Gasteiger partial charge in [0.25, 0.3) is 0 Å². The minimum absolute atomic E-state index is 0.725. The van der Waals surface area contributed by atoms with Gasteiger partial charge in [-0.3, -0.25) is 0 Å². The summed E-state index contributed by atoms with van der Waals surface area (Å²) in [7, 11) is 1.75. The molecule has 1 aromatic rings. The number of allylic oxidation sites excluding steroid dienone is 1. The van der Waals surface area contributed by atoms with E-state index >= 15 is 0 Å². The molecule has 80 valence electrons. The topological polar surface area (TPSA) is 9.23 Å². The molecule has 0 heterocycles. The summed E-state index contributed by atoms with van der Waals surface area (Å²) in [5.41, 5.74) is 5.86. The van der Waals surface area contributed by atoms with Gasteiger partial charge in [-0.2, -0.15) is 0 Å². The average molecular weight is 202 g/mol. The summed E-state index contributed by atoms with van der Waals surface area (Å²) in [6.07, 6.45) is 5.91. The molecule has 0 bridgehead atoms. The second-order valence-electron chi connectivity index (χ2n) is 4.14. The Balaban J connectivity index is 2.38. The van der Waals surface area contributed by atoms with Gasteiger partial charge in [0.05, 0.1) is 6.61 Å². The standard InChI is InChI=1S/C14H18O/c1-11-5-3-8-14-12(9-10-15-2)6-4-7-13(11)14/h3,5,8-9H,4,6-7,10H2,1-2H3/b12-9-. The fourth-order valence-electron chi connectivity index (χ4n) is 2.32. The molecule has 1 nitrogen and oxygen atoms in total. The van der Waals surface area contributed by atoms with Crippen LogP contribution in [0.1, 0.15) is 29.5 Å². The van der Waals surface area contributed by atoms with Gasteiger partial charge in [0, 0.05) is 7.11 Å². The Morgan fingerprint density at radius 3 is 3.00 bits per heavy atom. The molecule has 0 aliphatic heterocycles. The van der Waals surface area contributed by atoms with Crippen LogP contribution in [-0.4, -0.2) is 13.7 Å². The predicted molar refractivity (Wildman–Crippen MR) is 64.0 cm³/mol. The lowest BCUT2D eigenvalue weighted by atomic mass is 9.85. The normalized spacial score (nSPS) is 17.9. The van der Waals surface area contributed by atoms with Crippen LogP contribution in [0.4, 0.5) is 0 Å². The molecule has 0 atom stereocenters. The maximum atomic E-state index is 5.11. The first-order valence-electron chi connectivity index (χ1n) is 5.59. The highest BCUT2D eigenvalue weighted by molar-refractivity contribution is 5.71. The molecule has 0 saturated heterocycles. The van der Waals surface area contributed by atoms with E-state index in [4.69, 9.17) is 4.74 Å². The first-order chi connectivity index (χ1) is 7.33.